The molecule has 4 unspecified atom stereocenters. The zero-order chi connectivity index (χ0) is 15.4. The van der Waals surface area contributed by atoms with E-state index < -0.39 is 5.97 Å². The van der Waals surface area contributed by atoms with Gasteiger partial charge < -0.3 is 10.4 Å². The van der Waals surface area contributed by atoms with Gasteiger partial charge in [0.2, 0.25) is 0 Å². The van der Waals surface area contributed by atoms with Crippen LogP contribution in [0.15, 0.2) is 17.5 Å². The Bertz CT molecular complexity index is 444. The molecule has 1 heterocycles. The smallest absolute Gasteiger partial charge is 0.305 e. The van der Waals surface area contributed by atoms with Crippen molar-refractivity contribution in [3.63, 3.8) is 0 Å². The average Bonchev–Trinajstić information content (AvgIpc) is 2.90. The summed E-state index contributed by atoms with van der Waals surface area (Å²) in [6.07, 6.45) is 3.87. The quantitative estimate of drug-likeness (QED) is 0.823. The molecule has 1 fully saturated rings. The maximum atomic E-state index is 11.2. The molecule has 0 radical (unpaired) electrons. The molecule has 4 heteroatoms. The lowest BCUT2D eigenvalue weighted by atomic mass is 9.73. The van der Waals surface area contributed by atoms with Crippen molar-refractivity contribution in [1.82, 2.24) is 5.32 Å². The Hall–Kier alpha value is -0.870. The van der Waals surface area contributed by atoms with E-state index >= 15 is 0 Å². The first-order valence-corrected chi connectivity index (χ1v) is 8.86. The van der Waals surface area contributed by atoms with Crippen molar-refractivity contribution in [3.05, 3.63) is 22.4 Å². The summed E-state index contributed by atoms with van der Waals surface area (Å²) < 4.78 is 0. The number of hydrogen-bond acceptors (Lipinski definition) is 3. The van der Waals surface area contributed by atoms with Gasteiger partial charge in [-0.15, -0.1) is 11.3 Å². The first-order valence-electron chi connectivity index (χ1n) is 7.98. The standard InChI is InChI=1S/C17H27NO2S/c1-11(2)13-7-6-12(3)9-14(13)18-15(10-17(19)20)16-5-4-8-21-16/h4-5,8,11-15,18H,6-7,9-10H2,1-3H3,(H,19,20). The predicted molar refractivity (Wildman–Crippen MR) is 87.6 cm³/mol. The zero-order valence-electron chi connectivity index (χ0n) is 13.2. The summed E-state index contributed by atoms with van der Waals surface area (Å²) >= 11 is 1.65. The molecule has 1 aromatic heterocycles. The largest absolute Gasteiger partial charge is 0.481 e. The van der Waals surface area contributed by atoms with Crippen LogP contribution in [-0.4, -0.2) is 17.1 Å². The van der Waals surface area contributed by atoms with Crippen molar-refractivity contribution in [2.24, 2.45) is 17.8 Å². The molecular weight excluding hydrogens is 282 g/mol. The lowest BCUT2D eigenvalue weighted by Gasteiger charge is -2.39. The van der Waals surface area contributed by atoms with Gasteiger partial charge in [0.05, 0.1) is 12.5 Å². The van der Waals surface area contributed by atoms with Crippen molar-refractivity contribution >= 4 is 17.3 Å². The molecule has 0 amide bonds. The molecule has 0 aromatic carbocycles. The van der Waals surface area contributed by atoms with Gasteiger partial charge in [-0.25, -0.2) is 0 Å². The van der Waals surface area contributed by atoms with E-state index in [1.165, 1.54) is 12.8 Å². The SMILES string of the molecule is CC1CCC(C(C)C)C(NC(CC(=O)O)c2cccs2)C1. The zero-order valence-corrected chi connectivity index (χ0v) is 14.0. The van der Waals surface area contributed by atoms with E-state index in [1.807, 2.05) is 17.5 Å². The monoisotopic (exact) mass is 309 g/mol. The van der Waals surface area contributed by atoms with Crippen LogP contribution in [0.3, 0.4) is 0 Å². The molecule has 2 rings (SSSR count). The topological polar surface area (TPSA) is 49.3 Å². The molecule has 1 aliphatic rings. The molecule has 21 heavy (non-hydrogen) atoms. The van der Waals surface area contributed by atoms with Crippen LogP contribution in [0.5, 0.6) is 0 Å². The van der Waals surface area contributed by atoms with Crippen LogP contribution in [0, 0.1) is 17.8 Å². The number of hydrogen-bond donors (Lipinski definition) is 2. The molecule has 1 aromatic rings. The van der Waals surface area contributed by atoms with Crippen LogP contribution in [0.25, 0.3) is 0 Å². The Balaban J connectivity index is 2.11. The number of carboxylic acids is 1. The van der Waals surface area contributed by atoms with Crippen molar-refractivity contribution in [2.75, 3.05) is 0 Å². The molecule has 1 saturated carbocycles. The molecule has 4 atom stereocenters. The number of carbonyl (C=O) groups is 1. The summed E-state index contributed by atoms with van der Waals surface area (Å²) in [5.41, 5.74) is 0. The third-order valence-corrected chi connectivity index (χ3v) is 5.69. The maximum absolute atomic E-state index is 11.2. The third-order valence-electron chi connectivity index (χ3n) is 4.70. The molecule has 2 N–H and O–H groups in total. The lowest BCUT2D eigenvalue weighted by Crippen LogP contribution is -2.44. The number of thiophene rings is 1. The third kappa shape index (κ3) is 4.55. The Kier molecular flexibility index (Phi) is 5.82. The van der Waals surface area contributed by atoms with Gasteiger partial charge in [0.1, 0.15) is 0 Å². The van der Waals surface area contributed by atoms with Crippen LogP contribution < -0.4 is 5.32 Å². The number of nitrogens with one attached hydrogen (secondary N) is 1. The van der Waals surface area contributed by atoms with Gasteiger partial charge in [-0.3, -0.25) is 4.79 Å². The fourth-order valence-corrected chi connectivity index (χ4v) is 4.35. The van der Waals surface area contributed by atoms with Gasteiger partial charge in [-0.2, -0.15) is 0 Å². The Morgan fingerprint density at radius 1 is 1.48 bits per heavy atom. The highest BCUT2D eigenvalue weighted by molar-refractivity contribution is 7.10. The number of carboxylic acid groups (broad SMARTS) is 1. The average molecular weight is 309 g/mol. The number of aliphatic carboxylic acids is 1. The summed E-state index contributed by atoms with van der Waals surface area (Å²) in [4.78, 5) is 12.3. The Labute approximate surface area is 131 Å². The van der Waals surface area contributed by atoms with E-state index in [0.717, 1.165) is 17.2 Å². The molecule has 118 valence electrons. The van der Waals surface area contributed by atoms with Crippen LogP contribution in [0.2, 0.25) is 0 Å². The lowest BCUT2D eigenvalue weighted by molar-refractivity contribution is -0.137. The second-order valence-electron chi connectivity index (χ2n) is 6.77. The minimum atomic E-state index is -0.731. The number of rotatable bonds is 6. The summed E-state index contributed by atoms with van der Waals surface area (Å²) in [6, 6.07) is 4.42. The van der Waals surface area contributed by atoms with Crippen molar-refractivity contribution in [2.45, 2.75) is 58.5 Å². The minimum Gasteiger partial charge on any atom is -0.481 e. The van der Waals surface area contributed by atoms with E-state index in [0.29, 0.717) is 17.9 Å². The van der Waals surface area contributed by atoms with Gasteiger partial charge in [0.25, 0.3) is 0 Å². The van der Waals surface area contributed by atoms with Gasteiger partial charge in [0, 0.05) is 10.9 Å². The van der Waals surface area contributed by atoms with Gasteiger partial charge >= 0.3 is 5.97 Å². The van der Waals surface area contributed by atoms with Gasteiger partial charge in [-0.05, 0) is 42.0 Å². The highest BCUT2D eigenvalue weighted by Gasteiger charge is 2.32. The first kappa shape index (κ1) is 16.5. The van der Waals surface area contributed by atoms with Crippen molar-refractivity contribution in [3.8, 4) is 0 Å². The molecule has 0 saturated heterocycles. The minimum absolute atomic E-state index is 0.0564. The van der Waals surface area contributed by atoms with Crippen LogP contribution in [0.4, 0.5) is 0 Å². The van der Waals surface area contributed by atoms with Crippen molar-refractivity contribution < 1.29 is 9.90 Å². The summed E-state index contributed by atoms with van der Waals surface area (Å²) in [6.45, 7) is 6.88. The van der Waals surface area contributed by atoms with Crippen LogP contribution in [0.1, 0.15) is 57.4 Å². The molecule has 0 bridgehead atoms. The van der Waals surface area contributed by atoms with E-state index in [4.69, 9.17) is 0 Å². The van der Waals surface area contributed by atoms with Crippen LogP contribution in [-0.2, 0) is 4.79 Å². The molecular formula is C17H27NO2S. The molecule has 1 aliphatic carbocycles. The predicted octanol–water partition coefficient (Wildman–Crippen LogP) is 4.31. The van der Waals surface area contributed by atoms with Crippen LogP contribution >= 0.6 is 11.3 Å². The van der Waals surface area contributed by atoms with E-state index in [2.05, 4.69) is 26.1 Å². The van der Waals surface area contributed by atoms with Gasteiger partial charge in [0.15, 0.2) is 0 Å². The van der Waals surface area contributed by atoms with Gasteiger partial charge in [-0.1, -0.05) is 33.3 Å². The Morgan fingerprint density at radius 3 is 2.81 bits per heavy atom. The summed E-state index contributed by atoms with van der Waals surface area (Å²) in [7, 11) is 0. The fraction of sp³-hybridized carbons (Fsp3) is 0.706. The summed E-state index contributed by atoms with van der Waals surface area (Å²) in [5, 5.41) is 14.9. The maximum Gasteiger partial charge on any atom is 0.305 e. The van der Waals surface area contributed by atoms with E-state index in [1.54, 1.807) is 11.3 Å². The highest BCUT2D eigenvalue weighted by Crippen LogP contribution is 2.35. The molecule has 0 aliphatic heterocycles. The second-order valence-corrected chi connectivity index (χ2v) is 7.74. The van der Waals surface area contributed by atoms with Crippen molar-refractivity contribution in [1.29, 1.82) is 0 Å². The molecule has 0 spiro atoms. The highest BCUT2D eigenvalue weighted by atomic mass is 32.1. The van der Waals surface area contributed by atoms with E-state index in [9.17, 15) is 9.90 Å². The Morgan fingerprint density at radius 2 is 2.24 bits per heavy atom. The van der Waals surface area contributed by atoms with E-state index in [-0.39, 0.29) is 12.5 Å². The fourth-order valence-electron chi connectivity index (χ4n) is 3.56. The first-order chi connectivity index (χ1) is 9.97. The second kappa shape index (κ2) is 7.41. The summed E-state index contributed by atoms with van der Waals surface area (Å²) in [5.74, 6) is 1.29. The molecule has 3 nitrogen and oxygen atoms in total. The normalized spacial score (nSPS) is 27.7.